The lowest BCUT2D eigenvalue weighted by Gasteiger charge is -2.38. The first-order chi connectivity index (χ1) is 10.5. The number of amides is 1. The summed E-state index contributed by atoms with van der Waals surface area (Å²) in [5, 5.41) is 2.52. The third-order valence-corrected chi connectivity index (χ3v) is 3.05. The summed E-state index contributed by atoms with van der Waals surface area (Å²) in [6.45, 7) is 0.756. The van der Waals surface area contributed by atoms with Gasteiger partial charge in [-0.05, 0) is 12.0 Å². The molecule has 0 aromatic heterocycles. The van der Waals surface area contributed by atoms with E-state index in [1.54, 1.807) is 6.07 Å². The lowest BCUT2D eigenvalue weighted by atomic mass is 10.1. The van der Waals surface area contributed by atoms with E-state index in [1.165, 1.54) is 36.5 Å². The molecule has 0 saturated heterocycles. The van der Waals surface area contributed by atoms with E-state index in [-0.39, 0.29) is 12.0 Å². The standard InChI is InChI=1S/C14H16F6N2O/c1-2-6-11(23)22-12(13(15,16)17,14(18,19)20)21-9-10-7-4-3-5-8-10/h3-5,7-8,21H,2,6,9H2,1H3,(H,22,23). The molecule has 0 fully saturated rings. The summed E-state index contributed by atoms with van der Waals surface area (Å²) < 4.78 is 79.1. The fourth-order valence-electron chi connectivity index (χ4n) is 1.88. The van der Waals surface area contributed by atoms with Crippen LogP contribution in [0.5, 0.6) is 0 Å². The SMILES string of the molecule is CCCC(=O)NC(NCc1ccccc1)(C(F)(F)F)C(F)(F)F. The lowest BCUT2D eigenvalue weighted by Crippen LogP contribution is -2.75. The molecule has 2 N–H and O–H groups in total. The first-order valence-electron chi connectivity index (χ1n) is 6.77. The normalized spacial score (nSPS) is 13.0. The van der Waals surface area contributed by atoms with Gasteiger partial charge in [-0.25, -0.2) is 0 Å². The molecule has 9 heteroatoms. The average molecular weight is 342 g/mol. The molecule has 0 bridgehead atoms. The molecule has 0 atom stereocenters. The molecule has 0 radical (unpaired) electrons. The van der Waals surface area contributed by atoms with E-state index in [1.807, 2.05) is 0 Å². The third kappa shape index (κ3) is 4.60. The highest BCUT2D eigenvalue weighted by atomic mass is 19.4. The Bertz CT molecular complexity index is 498. The van der Waals surface area contributed by atoms with E-state index >= 15 is 0 Å². The van der Waals surface area contributed by atoms with Crippen molar-refractivity contribution < 1.29 is 31.1 Å². The van der Waals surface area contributed by atoms with Crippen molar-refractivity contribution in [1.82, 2.24) is 10.6 Å². The van der Waals surface area contributed by atoms with Crippen molar-refractivity contribution in [3.8, 4) is 0 Å². The second-order valence-electron chi connectivity index (χ2n) is 4.88. The quantitative estimate of drug-likeness (QED) is 0.614. The number of hydrogen-bond acceptors (Lipinski definition) is 2. The Morgan fingerprint density at radius 3 is 1.96 bits per heavy atom. The Kier molecular flexibility index (Phi) is 6.04. The Morgan fingerprint density at radius 2 is 1.52 bits per heavy atom. The van der Waals surface area contributed by atoms with Gasteiger partial charge in [0, 0.05) is 13.0 Å². The zero-order valence-corrected chi connectivity index (χ0v) is 12.2. The fraction of sp³-hybridized carbons (Fsp3) is 0.500. The number of hydrogen-bond donors (Lipinski definition) is 2. The summed E-state index contributed by atoms with van der Waals surface area (Å²) in [7, 11) is 0. The van der Waals surface area contributed by atoms with Gasteiger partial charge >= 0.3 is 12.4 Å². The van der Waals surface area contributed by atoms with Gasteiger partial charge in [-0.3, -0.25) is 10.1 Å². The molecule has 0 spiro atoms. The molecule has 0 aliphatic carbocycles. The van der Waals surface area contributed by atoms with Crippen molar-refractivity contribution in [2.75, 3.05) is 0 Å². The molecule has 1 aromatic rings. The summed E-state index contributed by atoms with van der Waals surface area (Å²) >= 11 is 0. The Morgan fingerprint density at radius 1 is 1.00 bits per heavy atom. The molecule has 1 rings (SSSR count). The molecular formula is C14H16F6N2O. The minimum Gasteiger partial charge on any atom is -0.323 e. The Hall–Kier alpha value is -1.77. The number of alkyl halides is 6. The number of benzene rings is 1. The van der Waals surface area contributed by atoms with Crippen LogP contribution in [0.3, 0.4) is 0 Å². The molecule has 23 heavy (non-hydrogen) atoms. The second kappa shape index (κ2) is 7.20. The number of carbonyl (C=O) groups excluding carboxylic acids is 1. The molecule has 0 saturated carbocycles. The molecule has 0 heterocycles. The Balaban J connectivity index is 3.14. The van der Waals surface area contributed by atoms with Crippen molar-refractivity contribution in [2.45, 2.75) is 44.3 Å². The van der Waals surface area contributed by atoms with Gasteiger partial charge in [-0.1, -0.05) is 37.3 Å². The van der Waals surface area contributed by atoms with Crippen LogP contribution >= 0.6 is 0 Å². The minimum atomic E-state index is -5.76. The zero-order valence-electron chi connectivity index (χ0n) is 12.2. The van der Waals surface area contributed by atoms with Crippen molar-refractivity contribution >= 4 is 5.91 Å². The number of carbonyl (C=O) groups is 1. The van der Waals surface area contributed by atoms with Crippen molar-refractivity contribution in [3.05, 3.63) is 35.9 Å². The minimum absolute atomic E-state index is 0.121. The van der Waals surface area contributed by atoms with Gasteiger partial charge < -0.3 is 5.32 Å². The first-order valence-corrected chi connectivity index (χ1v) is 6.77. The highest BCUT2D eigenvalue weighted by molar-refractivity contribution is 5.77. The van der Waals surface area contributed by atoms with Crippen molar-refractivity contribution in [2.24, 2.45) is 0 Å². The number of rotatable bonds is 6. The van der Waals surface area contributed by atoms with Crippen molar-refractivity contribution in [1.29, 1.82) is 0 Å². The van der Waals surface area contributed by atoms with Crippen molar-refractivity contribution in [3.63, 3.8) is 0 Å². The van der Waals surface area contributed by atoms with E-state index in [0.717, 1.165) is 5.32 Å². The molecule has 1 aromatic carbocycles. The van der Waals surface area contributed by atoms with Gasteiger partial charge in [0.2, 0.25) is 5.91 Å². The second-order valence-corrected chi connectivity index (χ2v) is 4.88. The van der Waals surface area contributed by atoms with Crippen LogP contribution in [0.2, 0.25) is 0 Å². The molecule has 0 unspecified atom stereocenters. The van der Waals surface area contributed by atoms with E-state index in [2.05, 4.69) is 0 Å². The fourth-order valence-corrected chi connectivity index (χ4v) is 1.88. The molecule has 1 amide bonds. The first kappa shape index (κ1) is 19.3. The molecule has 3 nitrogen and oxygen atoms in total. The molecule has 0 aliphatic heterocycles. The summed E-state index contributed by atoms with van der Waals surface area (Å²) in [5.74, 6) is -1.33. The number of nitrogens with one attached hydrogen (secondary N) is 2. The van der Waals surface area contributed by atoms with Crippen LogP contribution in [0.1, 0.15) is 25.3 Å². The maximum absolute atomic E-state index is 13.2. The van der Waals surface area contributed by atoms with Gasteiger partial charge in [0.25, 0.3) is 5.66 Å². The smallest absolute Gasteiger partial charge is 0.323 e. The summed E-state index contributed by atoms with van der Waals surface area (Å²) in [6, 6.07) is 7.29. The predicted octanol–water partition coefficient (Wildman–Crippen LogP) is 3.51. The predicted molar refractivity (Wildman–Crippen MR) is 71.2 cm³/mol. The zero-order chi connectivity index (χ0) is 17.7. The van der Waals surface area contributed by atoms with Crippen LogP contribution in [0.25, 0.3) is 0 Å². The monoisotopic (exact) mass is 342 g/mol. The van der Waals surface area contributed by atoms with Crippen LogP contribution in [0, 0.1) is 0 Å². The van der Waals surface area contributed by atoms with Gasteiger partial charge in [0.15, 0.2) is 0 Å². The van der Waals surface area contributed by atoms with Crippen LogP contribution in [-0.2, 0) is 11.3 Å². The average Bonchev–Trinajstić information content (AvgIpc) is 2.42. The maximum atomic E-state index is 13.2. The topological polar surface area (TPSA) is 41.1 Å². The summed E-state index contributed by atoms with van der Waals surface area (Å²) in [4.78, 5) is 11.4. The maximum Gasteiger partial charge on any atom is 0.434 e. The highest BCUT2D eigenvalue weighted by Crippen LogP contribution is 2.41. The Labute approximate surface area is 129 Å². The van der Waals surface area contributed by atoms with Gasteiger partial charge in [0.1, 0.15) is 0 Å². The van der Waals surface area contributed by atoms with Crippen LogP contribution in [0.4, 0.5) is 26.3 Å². The highest BCUT2D eigenvalue weighted by Gasteiger charge is 2.71. The summed E-state index contributed by atoms with van der Waals surface area (Å²) in [5.41, 5.74) is -4.28. The molecular weight excluding hydrogens is 326 g/mol. The van der Waals surface area contributed by atoms with E-state index in [4.69, 9.17) is 0 Å². The van der Waals surface area contributed by atoms with E-state index in [0.29, 0.717) is 0 Å². The lowest BCUT2D eigenvalue weighted by molar-refractivity contribution is -0.316. The largest absolute Gasteiger partial charge is 0.434 e. The van der Waals surface area contributed by atoms with E-state index in [9.17, 15) is 31.1 Å². The third-order valence-electron chi connectivity index (χ3n) is 3.05. The van der Waals surface area contributed by atoms with Crippen LogP contribution in [0.15, 0.2) is 30.3 Å². The number of halogens is 6. The van der Waals surface area contributed by atoms with Gasteiger partial charge in [-0.15, -0.1) is 0 Å². The van der Waals surface area contributed by atoms with Crippen LogP contribution in [-0.4, -0.2) is 23.9 Å². The summed E-state index contributed by atoms with van der Waals surface area (Å²) in [6.07, 6.45) is -11.8. The van der Waals surface area contributed by atoms with Crippen LogP contribution < -0.4 is 10.6 Å². The van der Waals surface area contributed by atoms with Gasteiger partial charge in [0.05, 0.1) is 0 Å². The van der Waals surface area contributed by atoms with Gasteiger partial charge in [-0.2, -0.15) is 26.3 Å². The molecule has 130 valence electrons. The molecule has 0 aliphatic rings. The van der Waals surface area contributed by atoms with E-state index < -0.39 is 36.9 Å².